The fraction of sp³-hybridized carbons (Fsp3) is 0.0714. The number of H-pyrrole nitrogens is 1. The predicted octanol–water partition coefficient (Wildman–Crippen LogP) is 3.53. The van der Waals surface area contributed by atoms with Gasteiger partial charge >= 0.3 is 6.18 Å². The smallest absolute Gasteiger partial charge is 0.362 e. The average molecular weight is 278 g/mol. The molecule has 0 atom stereocenters. The largest absolute Gasteiger partial charge is 0.416 e. The second kappa shape index (κ2) is 4.26. The zero-order valence-electron chi connectivity index (χ0n) is 10.1. The van der Waals surface area contributed by atoms with Crippen molar-refractivity contribution < 1.29 is 18.0 Å². The Bertz CT molecular complexity index is 700. The molecule has 1 amide bonds. The first kappa shape index (κ1) is 12.5. The number of hydrogen-bond donors (Lipinski definition) is 2. The van der Waals surface area contributed by atoms with E-state index in [9.17, 15) is 18.0 Å². The van der Waals surface area contributed by atoms with E-state index in [2.05, 4.69) is 10.3 Å². The number of halogens is 3. The molecule has 0 spiro atoms. The first-order valence-electron chi connectivity index (χ1n) is 5.83. The minimum Gasteiger partial charge on any atom is -0.362 e. The molecule has 102 valence electrons. The minimum atomic E-state index is -4.42. The van der Waals surface area contributed by atoms with Gasteiger partial charge in [0.2, 0.25) is 0 Å². The topological polar surface area (TPSA) is 44.9 Å². The summed E-state index contributed by atoms with van der Waals surface area (Å²) in [6.07, 6.45) is -1.12. The molecule has 3 rings (SSSR count). The van der Waals surface area contributed by atoms with E-state index in [1.807, 2.05) is 0 Å². The van der Waals surface area contributed by atoms with Crippen LogP contribution < -0.4 is 5.32 Å². The Morgan fingerprint density at radius 1 is 1.15 bits per heavy atom. The van der Waals surface area contributed by atoms with E-state index in [0.717, 1.165) is 12.1 Å². The van der Waals surface area contributed by atoms with Crippen molar-refractivity contribution in [1.82, 2.24) is 4.98 Å². The maximum Gasteiger partial charge on any atom is 0.416 e. The number of aromatic nitrogens is 1. The number of alkyl halides is 3. The number of aromatic amines is 1. The molecule has 0 aliphatic carbocycles. The van der Waals surface area contributed by atoms with Crippen molar-refractivity contribution in [2.45, 2.75) is 6.18 Å². The number of carbonyl (C=O) groups excluding carboxylic acids is 1. The van der Waals surface area contributed by atoms with Gasteiger partial charge in [-0.15, -0.1) is 0 Å². The van der Waals surface area contributed by atoms with Gasteiger partial charge in [-0.3, -0.25) is 4.79 Å². The van der Waals surface area contributed by atoms with Crippen molar-refractivity contribution in [2.24, 2.45) is 0 Å². The van der Waals surface area contributed by atoms with E-state index >= 15 is 0 Å². The number of amides is 1. The van der Waals surface area contributed by atoms with Crippen molar-refractivity contribution in [3.8, 4) is 0 Å². The van der Waals surface area contributed by atoms with Crippen LogP contribution >= 0.6 is 0 Å². The van der Waals surface area contributed by atoms with Crippen molar-refractivity contribution in [3.05, 3.63) is 53.3 Å². The summed E-state index contributed by atoms with van der Waals surface area (Å²) in [6, 6.07) is 6.77. The molecule has 20 heavy (non-hydrogen) atoms. The maximum absolute atomic E-state index is 12.6. The van der Waals surface area contributed by atoms with Gasteiger partial charge in [0.25, 0.3) is 5.91 Å². The molecule has 2 heterocycles. The van der Waals surface area contributed by atoms with Crippen molar-refractivity contribution in [2.75, 3.05) is 5.32 Å². The summed E-state index contributed by atoms with van der Waals surface area (Å²) < 4.78 is 37.9. The first-order valence-corrected chi connectivity index (χ1v) is 5.83. The van der Waals surface area contributed by atoms with E-state index in [1.54, 1.807) is 24.4 Å². The van der Waals surface area contributed by atoms with Gasteiger partial charge in [-0.2, -0.15) is 13.2 Å². The molecule has 1 aromatic heterocycles. The molecule has 0 radical (unpaired) electrons. The molecule has 2 N–H and O–H groups in total. The van der Waals surface area contributed by atoms with Crippen LogP contribution in [0.2, 0.25) is 0 Å². The molecule has 0 fully saturated rings. The van der Waals surface area contributed by atoms with Gasteiger partial charge in [-0.05, 0) is 30.3 Å². The molecule has 3 nitrogen and oxygen atoms in total. The molecule has 0 unspecified atom stereocenters. The summed E-state index contributed by atoms with van der Waals surface area (Å²) in [4.78, 5) is 14.8. The highest BCUT2D eigenvalue weighted by Crippen LogP contribution is 2.38. The number of anilines is 1. The lowest BCUT2D eigenvalue weighted by Gasteiger charge is -2.07. The third kappa shape index (κ3) is 2.09. The molecule has 0 saturated heterocycles. The highest BCUT2D eigenvalue weighted by molar-refractivity contribution is 6.34. The fourth-order valence-electron chi connectivity index (χ4n) is 2.10. The van der Waals surface area contributed by atoms with Gasteiger partial charge in [0.15, 0.2) is 0 Å². The second-order valence-corrected chi connectivity index (χ2v) is 4.40. The van der Waals surface area contributed by atoms with E-state index in [-0.39, 0.29) is 5.69 Å². The number of benzene rings is 1. The van der Waals surface area contributed by atoms with Crippen LogP contribution in [0.15, 0.2) is 36.5 Å². The monoisotopic (exact) mass is 278 g/mol. The zero-order chi connectivity index (χ0) is 14.3. The van der Waals surface area contributed by atoms with E-state index in [0.29, 0.717) is 16.8 Å². The number of carbonyl (C=O) groups is 1. The highest BCUT2D eigenvalue weighted by Gasteiger charge is 2.33. The van der Waals surface area contributed by atoms with Crippen molar-refractivity contribution in [1.29, 1.82) is 0 Å². The van der Waals surface area contributed by atoms with Gasteiger partial charge in [-0.1, -0.05) is 6.07 Å². The van der Waals surface area contributed by atoms with E-state index < -0.39 is 17.6 Å². The van der Waals surface area contributed by atoms with Crippen molar-refractivity contribution in [3.63, 3.8) is 0 Å². The standard InChI is InChI=1S/C14H9F3N2O/c15-14(16,17)8-3-4-10-11(7-9-2-1-5-18-9)13(20)19-12(10)6-8/h1-7,18H,(H,19,20)/b11-7+. The van der Waals surface area contributed by atoms with Gasteiger partial charge in [0.05, 0.1) is 11.1 Å². The molecule has 0 saturated carbocycles. The van der Waals surface area contributed by atoms with Crippen LogP contribution in [0.5, 0.6) is 0 Å². The number of hydrogen-bond acceptors (Lipinski definition) is 1. The van der Waals surface area contributed by atoms with Gasteiger partial charge in [0, 0.05) is 23.1 Å². The summed E-state index contributed by atoms with van der Waals surface area (Å²) >= 11 is 0. The second-order valence-electron chi connectivity index (χ2n) is 4.40. The Balaban J connectivity index is 2.06. The quantitative estimate of drug-likeness (QED) is 0.770. The van der Waals surface area contributed by atoms with Gasteiger partial charge < -0.3 is 10.3 Å². The summed E-state index contributed by atoms with van der Waals surface area (Å²) in [7, 11) is 0. The summed E-state index contributed by atoms with van der Waals surface area (Å²) in [5.41, 5.74) is 0.928. The lowest BCUT2D eigenvalue weighted by atomic mass is 10.0. The van der Waals surface area contributed by atoms with Crippen LogP contribution in [0.3, 0.4) is 0 Å². The SMILES string of the molecule is O=C1Nc2cc(C(F)(F)F)ccc2/C1=C\c1ccc[nH]1. The Morgan fingerprint density at radius 2 is 1.95 bits per heavy atom. The van der Waals surface area contributed by atoms with Gasteiger partial charge in [-0.25, -0.2) is 0 Å². The van der Waals surface area contributed by atoms with Crippen LogP contribution in [-0.2, 0) is 11.0 Å². The predicted molar refractivity (Wildman–Crippen MR) is 68.7 cm³/mol. The van der Waals surface area contributed by atoms with E-state index in [1.165, 1.54) is 6.07 Å². The summed E-state index contributed by atoms with van der Waals surface area (Å²) in [5.74, 6) is -0.408. The lowest BCUT2D eigenvalue weighted by molar-refractivity contribution is -0.137. The molecule has 1 aliphatic heterocycles. The fourth-order valence-corrected chi connectivity index (χ4v) is 2.10. The Morgan fingerprint density at radius 3 is 2.60 bits per heavy atom. The molecule has 1 aromatic carbocycles. The Kier molecular flexibility index (Phi) is 2.67. The minimum absolute atomic E-state index is 0.183. The summed E-state index contributed by atoms with van der Waals surface area (Å²) in [5, 5.41) is 2.45. The molecule has 0 bridgehead atoms. The maximum atomic E-state index is 12.6. The highest BCUT2D eigenvalue weighted by atomic mass is 19.4. The molecule has 6 heteroatoms. The zero-order valence-corrected chi connectivity index (χ0v) is 10.1. The number of rotatable bonds is 1. The molecular weight excluding hydrogens is 269 g/mol. The van der Waals surface area contributed by atoms with Crippen molar-refractivity contribution >= 4 is 23.2 Å². The Hall–Kier alpha value is -2.50. The summed E-state index contributed by atoms with van der Waals surface area (Å²) in [6.45, 7) is 0. The normalized spacial score (nSPS) is 16.4. The van der Waals surface area contributed by atoms with Crippen LogP contribution in [-0.4, -0.2) is 10.9 Å². The van der Waals surface area contributed by atoms with Crippen LogP contribution in [0, 0.1) is 0 Å². The average Bonchev–Trinajstić information content (AvgIpc) is 2.97. The first-order chi connectivity index (χ1) is 9.45. The molecule has 2 aromatic rings. The van der Waals surface area contributed by atoms with Crippen LogP contribution in [0.4, 0.5) is 18.9 Å². The van der Waals surface area contributed by atoms with E-state index in [4.69, 9.17) is 0 Å². The third-order valence-electron chi connectivity index (χ3n) is 3.05. The van der Waals surface area contributed by atoms with Crippen LogP contribution in [0.1, 0.15) is 16.8 Å². The number of nitrogens with one attached hydrogen (secondary N) is 2. The molecule has 1 aliphatic rings. The number of fused-ring (bicyclic) bond motifs is 1. The van der Waals surface area contributed by atoms with Crippen LogP contribution in [0.25, 0.3) is 11.6 Å². The third-order valence-corrected chi connectivity index (χ3v) is 3.05. The van der Waals surface area contributed by atoms with Gasteiger partial charge in [0.1, 0.15) is 0 Å². The Labute approximate surface area is 112 Å². The lowest BCUT2D eigenvalue weighted by Crippen LogP contribution is -2.06. The molecular formula is C14H9F3N2O.